The van der Waals surface area contributed by atoms with E-state index in [1.165, 1.54) is 24.3 Å². The number of ether oxygens (including phenoxy) is 1. The lowest BCUT2D eigenvalue weighted by Crippen LogP contribution is -2.49. The summed E-state index contributed by atoms with van der Waals surface area (Å²) in [6, 6.07) is 4.64. The summed E-state index contributed by atoms with van der Waals surface area (Å²) in [7, 11) is -4.09. The van der Waals surface area contributed by atoms with E-state index in [9.17, 15) is 22.8 Å². The van der Waals surface area contributed by atoms with Crippen molar-refractivity contribution in [1.82, 2.24) is 15.6 Å². The van der Waals surface area contributed by atoms with Crippen LogP contribution >= 0.6 is 0 Å². The van der Waals surface area contributed by atoms with Crippen molar-refractivity contribution in [2.45, 2.75) is 31.7 Å². The van der Waals surface area contributed by atoms with Gasteiger partial charge in [-0.25, -0.2) is 13.2 Å². The maximum absolute atomic E-state index is 12.0. The molecular formula is C14H19N3O6S. The Morgan fingerprint density at radius 3 is 2.17 bits per heavy atom. The van der Waals surface area contributed by atoms with Gasteiger partial charge in [-0.3, -0.25) is 15.0 Å². The zero-order valence-corrected chi connectivity index (χ0v) is 14.3. The molecule has 0 atom stereocenters. The first-order valence-electron chi connectivity index (χ1n) is 7.07. The van der Waals surface area contributed by atoms with Crippen LogP contribution < -0.4 is 15.6 Å². The van der Waals surface area contributed by atoms with E-state index >= 15 is 0 Å². The van der Waals surface area contributed by atoms with E-state index in [2.05, 4.69) is 5.32 Å². The van der Waals surface area contributed by atoms with Gasteiger partial charge < -0.3 is 10.1 Å². The lowest BCUT2D eigenvalue weighted by atomic mass is 10.2. The van der Waals surface area contributed by atoms with Crippen LogP contribution in [-0.2, 0) is 24.3 Å². The summed E-state index contributed by atoms with van der Waals surface area (Å²) in [5, 5.41) is 2.31. The van der Waals surface area contributed by atoms with Gasteiger partial charge in [-0.05, 0) is 45.0 Å². The molecule has 132 valence electrons. The van der Waals surface area contributed by atoms with Gasteiger partial charge in [-0.2, -0.15) is 0 Å². The molecule has 1 aromatic carbocycles. The third-order valence-electron chi connectivity index (χ3n) is 2.60. The molecule has 24 heavy (non-hydrogen) atoms. The number of hydrazine groups is 1. The Kier molecular flexibility index (Phi) is 6.86. The van der Waals surface area contributed by atoms with E-state index in [0.29, 0.717) is 0 Å². The van der Waals surface area contributed by atoms with E-state index in [-0.39, 0.29) is 23.1 Å². The summed E-state index contributed by atoms with van der Waals surface area (Å²) in [6.07, 6.45) is 0. The maximum Gasteiger partial charge on any atom is 0.338 e. The number of nitrogens with one attached hydrogen (secondary N) is 3. The van der Waals surface area contributed by atoms with Gasteiger partial charge in [-0.15, -0.1) is 4.83 Å². The molecule has 0 radical (unpaired) electrons. The lowest BCUT2D eigenvalue weighted by Gasteiger charge is -2.10. The minimum Gasteiger partial charge on any atom is -0.462 e. The summed E-state index contributed by atoms with van der Waals surface area (Å²) in [5.41, 5.74) is 1.99. The minimum absolute atomic E-state index is 0.191. The van der Waals surface area contributed by atoms with Crippen molar-refractivity contribution in [1.29, 1.82) is 0 Å². The average molecular weight is 357 g/mol. The van der Waals surface area contributed by atoms with Gasteiger partial charge in [0.1, 0.15) is 0 Å². The normalized spacial score (nSPS) is 11.0. The Labute approximate surface area is 139 Å². The highest BCUT2D eigenvalue weighted by atomic mass is 32.2. The van der Waals surface area contributed by atoms with Crippen molar-refractivity contribution < 1.29 is 27.5 Å². The number of hydrogen-bond acceptors (Lipinski definition) is 6. The fourth-order valence-corrected chi connectivity index (χ4v) is 2.38. The molecule has 2 amide bonds. The van der Waals surface area contributed by atoms with Crippen LogP contribution in [0.4, 0.5) is 0 Å². The fraction of sp³-hybridized carbons (Fsp3) is 0.357. The average Bonchev–Trinajstić information content (AvgIpc) is 2.52. The van der Waals surface area contributed by atoms with Crippen LogP contribution in [0, 0.1) is 0 Å². The Hall–Kier alpha value is -2.46. The van der Waals surface area contributed by atoms with Gasteiger partial charge in [0.05, 0.1) is 17.1 Å². The third-order valence-corrected chi connectivity index (χ3v) is 3.86. The number of carbonyl (C=O) groups is 3. The Bertz CT molecular complexity index is 713. The van der Waals surface area contributed by atoms with Gasteiger partial charge in [0.25, 0.3) is 10.0 Å². The molecular weight excluding hydrogens is 338 g/mol. The molecule has 0 aromatic heterocycles. The Morgan fingerprint density at radius 1 is 1.08 bits per heavy atom. The molecule has 0 fully saturated rings. The second kappa shape index (κ2) is 8.41. The lowest BCUT2D eigenvalue weighted by molar-refractivity contribution is -0.139. The number of esters is 1. The largest absolute Gasteiger partial charge is 0.462 e. The molecule has 0 bridgehead atoms. The second-order valence-corrected chi connectivity index (χ2v) is 6.62. The highest BCUT2D eigenvalue weighted by Crippen LogP contribution is 2.10. The molecule has 0 unspecified atom stereocenters. The van der Waals surface area contributed by atoms with Gasteiger partial charge in [-0.1, -0.05) is 0 Å². The van der Waals surface area contributed by atoms with E-state index in [1.807, 2.05) is 0 Å². The van der Waals surface area contributed by atoms with Gasteiger partial charge >= 0.3 is 17.8 Å². The van der Waals surface area contributed by atoms with Crippen molar-refractivity contribution >= 4 is 27.8 Å². The first kappa shape index (κ1) is 19.6. The van der Waals surface area contributed by atoms with E-state index in [0.717, 1.165) is 0 Å². The van der Waals surface area contributed by atoms with Gasteiger partial charge in [0.15, 0.2) is 0 Å². The molecule has 1 aromatic rings. The zero-order chi connectivity index (χ0) is 18.3. The second-order valence-electron chi connectivity index (χ2n) is 4.93. The van der Waals surface area contributed by atoms with Crippen molar-refractivity contribution in [3.63, 3.8) is 0 Å². The van der Waals surface area contributed by atoms with Crippen LogP contribution in [0.3, 0.4) is 0 Å². The monoisotopic (exact) mass is 357 g/mol. The van der Waals surface area contributed by atoms with Crippen LogP contribution in [-0.4, -0.2) is 38.9 Å². The first-order chi connectivity index (χ1) is 11.2. The van der Waals surface area contributed by atoms with Crippen LogP contribution in [0.5, 0.6) is 0 Å². The summed E-state index contributed by atoms with van der Waals surface area (Å²) in [6.45, 7) is 5.16. The quantitative estimate of drug-likeness (QED) is 0.364. The minimum atomic E-state index is -4.09. The molecule has 0 spiro atoms. The molecule has 3 N–H and O–H groups in total. The van der Waals surface area contributed by atoms with Crippen molar-refractivity contribution in [3.8, 4) is 0 Å². The number of amides is 2. The number of sulfonamides is 1. The standard InChI is InChI=1S/C14H19N3O6S/c1-4-23-14(20)10-5-7-11(8-6-10)24(21,22)17-16-13(19)12(18)15-9(2)3/h5-9,17H,4H2,1-3H3,(H,15,18)(H,16,19). The van der Waals surface area contributed by atoms with Crippen LogP contribution in [0.2, 0.25) is 0 Å². The molecule has 0 aliphatic rings. The summed E-state index contributed by atoms with van der Waals surface area (Å²) in [5.74, 6) is -2.69. The molecule has 9 nitrogen and oxygen atoms in total. The summed E-state index contributed by atoms with van der Waals surface area (Å²) in [4.78, 5) is 35.9. The molecule has 0 saturated carbocycles. The van der Waals surface area contributed by atoms with Crippen LogP contribution in [0.1, 0.15) is 31.1 Å². The predicted molar refractivity (Wildman–Crippen MR) is 84.1 cm³/mol. The van der Waals surface area contributed by atoms with Crippen LogP contribution in [0.25, 0.3) is 0 Å². The van der Waals surface area contributed by atoms with E-state index in [4.69, 9.17) is 4.74 Å². The smallest absolute Gasteiger partial charge is 0.338 e. The van der Waals surface area contributed by atoms with Gasteiger partial charge in [0.2, 0.25) is 0 Å². The molecule has 0 saturated heterocycles. The SMILES string of the molecule is CCOC(=O)c1ccc(S(=O)(=O)NNC(=O)C(=O)NC(C)C)cc1. The number of rotatable bonds is 6. The molecule has 0 heterocycles. The highest BCUT2D eigenvalue weighted by molar-refractivity contribution is 7.89. The number of hydrogen-bond donors (Lipinski definition) is 3. The van der Waals surface area contributed by atoms with Gasteiger partial charge in [0, 0.05) is 6.04 Å². The first-order valence-corrected chi connectivity index (χ1v) is 8.55. The molecule has 10 heteroatoms. The van der Waals surface area contributed by atoms with Crippen molar-refractivity contribution in [3.05, 3.63) is 29.8 Å². The van der Waals surface area contributed by atoms with E-state index < -0.39 is 27.8 Å². The predicted octanol–water partition coefficient (Wildman–Crippen LogP) is -0.303. The molecule has 0 aliphatic carbocycles. The van der Waals surface area contributed by atoms with Crippen molar-refractivity contribution in [2.75, 3.05) is 6.61 Å². The molecule has 0 aliphatic heterocycles. The summed E-state index contributed by atoms with van der Waals surface area (Å²) >= 11 is 0. The Balaban J connectivity index is 2.73. The van der Waals surface area contributed by atoms with Crippen molar-refractivity contribution in [2.24, 2.45) is 0 Å². The highest BCUT2D eigenvalue weighted by Gasteiger charge is 2.19. The topological polar surface area (TPSA) is 131 Å². The summed E-state index contributed by atoms with van der Waals surface area (Å²) < 4.78 is 28.8. The maximum atomic E-state index is 12.0. The Morgan fingerprint density at radius 2 is 1.67 bits per heavy atom. The number of benzene rings is 1. The fourth-order valence-electron chi connectivity index (χ4n) is 1.54. The third kappa shape index (κ3) is 5.63. The molecule has 1 rings (SSSR count). The number of carbonyl (C=O) groups excluding carboxylic acids is 3. The van der Waals surface area contributed by atoms with Crippen LogP contribution in [0.15, 0.2) is 29.2 Å². The van der Waals surface area contributed by atoms with E-state index in [1.54, 1.807) is 31.0 Å². The zero-order valence-electron chi connectivity index (χ0n) is 13.5.